The van der Waals surface area contributed by atoms with Crippen molar-refractivity contribution in [3.63, 3.8) is 0 Å². The van der Waals surface area contributed by atoms with Gasteiger partial charge in [0.25, 0.3) is 5.91 Å². The molecule has 21 heavy (non-hydrogen) atoms. The summed E-state index contributed by atoms with van der Waals surface area (Å²) in [5.41, 5.74) is 0.441. The van der Waals surface area contributed by atoms with Crippen molar-refractivity contribution in [3.05, 3.63) is 23.9 Å². The Kier molecular flexibility index (Phi) is 5.56. The van der Waals surface area contributed by atoms with Gasteiger partial charge < -0.3 is 4.90 Å². The van der Waals surface area contributed by atoms with Gasteiger partial charge in [0.15, 0.2) is 9.84 Å². The number of rotatable bonds is 4. The van der Waals surface area contributed by atoms with Gasteiger partial charge in [-0.2, -0.15) is 11.8 Å². The van der Waals surface area contributed by atoms with Crippen molar-refractivity contribution in [2.75, 3.05) is 30.1 Å². The smallest absolute Gasteiger partial charge is 0.256 e. The summed E-state index contributed by atoms with van der Waals surface area (Å²) in [5, 5.41) is 0.122. The number of carbonyl (C=O) groups is 1. The van der Waals surface area contributed by atoms with Crippen LogP contribution in [-0.2, 0) is 9.84 Å². The van der Waals surface area contributed by atoms with Gasteiger partial charge in [0.1, 0.15) is 5.37 Å². The number of nitrogens with zero attached hydrogens (tertiary/aromatic N) is 2. The fourth-order valence-electron chi connectivity index (χ4n) is 2.07. The van der Waals surface area contributed by atoms with Crippen molar-refractivity contribution in [1.82, 2.24) is 9.88 Å². The summed E-state index contributed by atoms with van der Waals surface area (Å²) in [6, 6.07) is 3.52. The molecule has 1 amide bonds. The fourth-order valence-corrected chi connectivity index (χ4v) is 5.48. The summed E-state index contributed by atoms with van der Waals surface area (Å²) in [6.45, 7) is 2.49. The molecule has 1 aliphatic rings. The first-order valence-corrected chi connectivity index (χ1v) is 10.7. The van der Waals surface area contributed by atoms with Crippen LogP contribution in [0.1, 0.15) is 17.3 Å². The van der Waals surface area contributed by atoms with Gasteiger partial charge in [-0.25, -0.2) is 13.4 Å². The summed E-state index contributed by atoms with van der Waals surface area (Å²) in [6.07, 6.45) is 2.71. The quantitative estimate of drug-likeness (QED) is 0.774. The Bertz CT molecular complexity index is 602. The molecule has 1 atom stereocenters. The lowest BCUT2D eigenvalue weighted by molar-refractivity contribution is 0.0749. The SMILES string of the molecule is CCSc1ccc(C(=O)N2CCSC[C@H]2S(C)(=O)=O)cn1. The average Bonchev–Trinajstić information content (AvgIpc) is 2.47. The van der Waals surface area contributed by atoms with E-state index in [-0.39, 0.29) is 5.91 Å². The molecule has 0 aliphatic carbocycles. The summed E-state index contributed by atoms with van der Waals surface area (Å²) in [5.74, 6) is 1.85. The molecule has 0 radical (unpaired) electrons. The zero-order valence-electron chi connectivity index (χ0n) is 12.0. The highest BCUT2D eigenvalue weighted by Gasteiger charge is 2.34. The molecule has 1 fully saturated rings. The van der Waals surface area contributed by atoms with E-state index in [0.29, 0.717) is 17.9 Å². The number of aromatic nitrogens is 1. The molecule has 2 heterocycles. The van der Waals surface area contributed by atoms with Crippen molar-refractivity contribution in [2.24, 2.45) is 0 Å². The maximum atomic E-state index is 12.5. The van der Waals surface area contributed by atoms with Gasteiger partial charge in [0.05, 0.1) is 10.6 Å². The lowest BCUT2D eigenvalue weighted by atomic mass is 10.2. The minimum atomic E-state index is -3.29. The number of amides is 1. The Morgan fingerprint density at radius 3 is 2.86 bits per heavy atom. The Labute approximate surface area is 133 Å². The van der Waals surface area contributed by atoms with Gasteiger partial charge in [-0.3, -0.25) is 4.79 Å². The van der Waals surface area contributed by atoms with Crippen LogP contribution >= 0.6 is 23.5 Å². The third-order valence-corrected chi connectivity index (χ3v) is 6.58. The number of sulfone groups is 1. The average molecular weight is 346 g/mol. The second kappa shape index (κ2) is 7.02. The van der Waals surface area contributed by atoms with Crippen molar-refractivity contribution in [3.8, 4) is 0 Å². The van der Waals surface area contributed by atoms with Gasteiger partial charge in [-0.05, 0) is 17.9 Å². The maximum absolute atomic E-state index is 12.5. The predicted molar refractivity (Wildman–Crippen MR) is 87.6 cm³/mol. The zero-order valence-corrected chi connectivity index (χ0v) is 14.4. The summed E-state index contributed by atoms with van der Waals surface area (Å²) >= 11 is 3.16. The molecule has 2 rings (SSSR count). The lowest BCUT2D eigenvalue weighted by Crippen LogP contribution is -2.49. The third kappa shape index (κ3) is 4.14. The summed E-state index contributed by atoms with van der Waals surface area (Å²) in [7, 11) is -3.29. The molecule has 8 heteroatoms. The topological polar surface area (TPSA) is 67.3 Å². The molecule has 0 aromatic carbocycles. The van der Waals surface area contributed by atoms with Gasteiger partial charge in [0, 0.05) is 30.5 Å². The molecule has 0 spiro atoms. The Balaban J connectivity index is 2.20. The first-order valence-electron chi connectivity index (χ1n) is 6.60. The second-order valence-electron chi connectivity index (χ2n) is 4.68. The molecule has 1 saturated heterocycles. The van der Waals surface area contributed by atoms with Crippen LogP contribution in [0.2, 0.25) is 0 Å². The lowest BCUT2D eigenvalue weighted by Gasteiger charge is -2.34. The van der Waals surface area contributed by atoms with E-state index in [1.54, 1.807) is 35.7 Å². The standard InChI is InChI=1S/C13H18N2O3S3/c1-3-20-11-5-4-10(8-14-11)13(16)15-6-7-19-9-12(15)21(2,17)18/h4-5,8,12H,3,6-7,9H2,1-2H3/t12-/m1/s1. The number of carbonyl (C=O) groups excluding carboxylic acids is 1. The number of hydrogen-bond acceptors (Lipinski definition) is 6. The zero-order chi connectivity index (χ0) is 15.5. The summed E-state index contributed by atoms with van der Waals surface area (Å²) in [4.78, 5) is 18.2. The highest BCUT2D eigenvalue weighted by Crippen LogP contribution is 2.23. The maximum Gasteiger partial charge on any atom is 0.256 e. The molecule has 0 saturated carbocycles. The van der Waals surface area contributed by atoms with Crippen LogP contribution in [0.5, 0.6) is 0 Å². The molecule has 1 aliphatic heterocycles. The molecule has 0 unspecified atom stereocenters. The van der Waals surface area contributed by atoms with E-state index in [9.17, 15) is 13.2 Å². The number of pyridine rings is 1. The van der Waals surface area contributed by atoms with Gasteiger partial charge in [0.2, 0.25) is 0 Å². The van der Waals surface area contributed by atoms with E-state index in [4.69, 9.17) is 0 Å². The Hall–Kier alpha value is -0.730. The molecule has 1 aromatic heterocycles. The number of thioether (sulfide) groups is 2. The molecule has 0 N–H and O–H groups in total. The number of hydrogen-bond donors (Lipinski definition) is 0. The van der Waals surface area contributed by atoms with Gasteiger partial charge >= 0.3 is 0 Å². The molecule has 1 aromatic rings. The first-order chi connectivity index (χ1) is 9.93. The molecule has 0 bridgehead atoms. The van der Waals surface area contributed by atoms with Crippen molar-refractivity contribution >= 4 is 39.3 Å². The first kappa shape index (κ1) is 16.6. The van der Waals surface area contributed by atoms with Crippen molar-refractivity contribution in [2.45, 2.75) is 17.3 Å². The van der Waals surface area contributed by atoms with E-state index in [0.717, 1.165) is 16.5 Å². The monoisotopic (exact) mass is 346 g/mol. The van der Waals surface area contributed by atoms with Gasteiger partial charge in [-0.1, -0.05) is 6.92 Å². The van der Waals surface area contributed by atoms with Crippen LogP contribution in [0.3, 0.4) is 0 Å². The van der Waals surface area contributed by atoms with Crippen LogP contribution in [0.15, 0.2) is 23.4 Å². The highest BCUT2D eigenvalue weighted by molar-refractivity contribution is 8.01. The van der Waals surface area contributed by atoms with E-state index in [1.165, 1.54) is 17.4 Å². The molecular formula is C13H18N2O3S3. The Morgan fingerprint density at radius 1 is 1.52 bits per heavy atom. The van der Waals surface area contributed by atoms with E-state index in [2.05, 4.69) is 4.98 Å². The van der Waals surface area contributed by atoms with Crippen LogP contribution < -0.4 is 0 Å². The van der Waals surface area contributed by atoms with Gasteiger partial charge in [-0.15, -0.1) is 11.8 Å². The van der Waals surface area contributed by atoms with E-state index < -0.39 is 15.2 Å². The van der Waals surface area contributed by atoms with Crippen LogP contribution in [0.25, 0.3) is 0 Å². The molecule has 5 nitrogen and oxygen atoms in total. The van der Waals surface area contributed by atoms with E-state index in [1.807, 2.05) is 6.92 Å². The van der Waals surface area contributed by atoms with Crippen molar-refractivity contribution in [1.29, 1.82) is 0 Å². The van der Waals surface area contributed by atoms with Crippen molar-refractivity contribution < 1.29 is 13.2 Å². The fraction of sp³-hybridized carbons (Fsp3) is 0.538. The third-order valence-electron chi connectivity index (χ3n) is 3.12. The Morgan fingerprint density at radius 2 is 2.29 bits per heavy atom. The minimum Gasteiger partial charge on any atom is -0.320 e. The highest BCUT2D eigenvalue weighted by atomic mass is 32.2. The van der Waals surface area contributed by atoms with E-state index >= 15 is 0 Å². The minimum absolute atomic E-state index is 0.258. The van der Waals surface area contributed by atoms with Crippen LogP contribution in [0, 0.1) is 0 Å². The second-order valence-corrected chi connectivity index (χ2v) is 9.31. The molecular weight excluding hydrogens is 328 g/mol. The summed E-state index contributed by atoms with van der Waals surface area (Å²) < 4.78 is 23.7. The predicted octanol–water partition coefficient (Wildman–Crippen LogP) is 1.75. The normalized spacial score (nSPS) is 19.5. The largest absolute Gasteiger partial charge is 0.320 e. The van der Waals surface area contributed by atoms with Crippen LogP contribution in [0.4, 0.5) is 0 Å². The van der Waals surface area contributed by atoms with Crippen LogP contribution in [-0.4, -0.2) is 59.6 Å². The molecule has 116 valence electrons.